The third-order valence-corrected chi connectivity index (χ3v) is 4.74. The van der Waals surface area contributed by atoms with Gasteiger partial charge in [-0.15, -0.1) is 0 Å². The molecule has 22 heavy (non-hydrogen) atoms. The standard InChI is InChI=1S/C21H36O/c1-5-9-11-14-19-16-20(15-17(8-4)21(19)22)18(12-7-3)13-10-6-2/h15-16,18,22H,5-14H2,1-4H3. The third kappa shape index (κ3) is 5.66. The van der Waals surface area contributed by atoms with Gasteiger partial charge in [-0.1, -0.05) is 71.9 Å². The Labute approximate surface area is 138 Å². The van der Waals surface area contributed by atoms with Gasteiger partial charge >= 0.3 is 0 Å². The largest absolute Gasteiger partial charge is 0.507 e. The van der Waals surface area contributed by atoms with E-state index < -0.39 is 0 Å². The summed E-state index contributed by atoms with van der Waals surface area (Å²) in [7, 11) is 0. The Balaban J connectivity index is 3.02. The molecule has 0 heterocycles. The van der Waals surface area contributed by atoms with E-state index in [1.165, 1.54) is 62.5 Å². The van der Waals surface area contributed by atoms with Gasteiger partial charge in [-0.05, 0) is 54.7 Å². The summed E-state index contributed by atoms with van der Waals surface area (Å²) in [5, 5.41) is 10.5. The molecule has 1 aromatic rings. The minimum atomic E-state index is 0.563. The number of benzene rings is 1. The van der Waals surface area contributed by atoms with Gasteiger partial charge in [0.15, 0.2) is 0 Å². The van der Waals surface area contributed by atoms with Crippen LogP contribution < -0.4 is 0 Å². The van der Waals surface area contributed by atoms with Gasteiger partial charge in [0.2, 0.25) is 0 Å². The van der Waals surface area contributed by atoms with Crippen LogP contribution in [0, 0.1) is 0 Å². The van der Waals surface area contributed by atoms with Crippen LogP contribution in [0.4, 0.5) is 0 Å². The second-order valence-corrected chi connectivity index (χ2v) is 6.63. The van der Waals surface area contributed by atoms with Gasteiger partial charge in [-0.2, -0.15) is 0 Å². The van der Waals surface area contributed by atoms with E-state index in [0.717, 1.165) is 18.4 Å². The second-order valence-electron chi connectivity index (χ2n) is 6.63. The quantitative estimate of drug-likeness (QED) is 0.448. The number of hydrogen-bond donors (Lipinski definition) is 1. The number of aromatic hydroxyl groups is 1. The first kappa shape index (κ1) is 19.1. The third-order valence-electron chi connectivity index (χ3n) is 4.74. The molecule has 0 saturated carbocycles. The fourth-order valence-corrected chi connectivity index (χ4v) is 3.32. The molecular weight excluding hydrogens is 268 g/mol. The van der Waals surface area contributed by atoms with Crippen molar-refractivity contribution in [2.24, 2.45) is 0 Å². The molecule has 0 aliphatic carbocycles. The second kappa shape index (κ2) is 10.7. The summed E-state index contributed by atoms with van der Waals surface area (Å²) in [6, 6.07) is 4.58. The highest BCUT2D eigenvalue weighted by atomic mass is 16.3. The molecule has 1 N–H and O–H groups in total. The van der Waals surface area contributed by atoms with Crippen LogP contribution in [0.1, 0.15) is 102 Å². The highest BCUT2D eigenvalue weighted by Gasteiger charge is 2.15. The van der Waals surface area contributed by atoms with Gasteiger partial charge in [0.25, 0.3) is 0 Å². The molecule has 1 heteroatoms. The normalized spacial score (nSPS) is 12.5. The maximum Gasteiger partial charge on any atom is 0.121 e. The predicted molar refractivity (Wildman–Crippen MR) is 97.9 cm³/mol. The lowest BCUT2D eigenvalue weighted by atomic mass is 9.86. The van der Waals surface area contributed by atoms with Gasteiger partial charge in [-0.3, -0.25) is 0 Å². The fraction of sp³-hybridized carbons (Fsp3) is 0.714. The van der Waals surface area contributed by atoms with Gasteiger partial charge in [0.1, 0.15) is 5.75 Å². The maximum atomic E-state index is 10.5. The molecule has 0 bridgehead atoms. The van der Waals surface area contributed by atoms with Crippen LogP contribution in [-0.2, 0) is 12.8 Å². The number of phenols is 1. The van der Waals surface area contributed by atoms with E-state index in [0.29, 0.717) is 11.7 Å². The van der Waals surface area contributed by atoms with Crippen LogP contribution in [0.15, 0.2) is 12.1 Å². The number of unbranched alkanes of at least 4 members (excludes halogenated alkanes) is 3. The lowest BCUT2D eigenvalue weighted by Gasteiger charge is -2.20. The molecule has 1 aromatic carbocycles. The van der Waals surface area contributed by atoms with E-state index >= 15 is 0 Å². The van der Waals surface area contributed by atoms with E-state index in [1.54, 1.807) is 0 Å². The molecule has 1 unspecified atom stereocenters. The topological polar surface area (TPSA) is 20.2 Å². The summed E-state index contributed by atoms with van der Waals surface area (Å²) in [5.41, 5.74) is 3.79. The van der Waals surface area contributed by atoms with Crippen LogP contribution in [-0.4, -0.2) is 5.11 Å². The Bertz CT molecular complexity index is 422. The molecule has 0 fully saturated rings. The smallest absolute Gasteiger partial charge is 0.121 e. The average molecular weight is 305 g/mol. The van der Waals surface area contributed by atoms with Gasteiger partial charge in [-0.25, -0.2) is 0 Å². The zero-order chi connectivity index (χ0) is 16.4. The number of hydrogen-bond acceptors (Lipinski definition) is 1. The van der Waals surface area contributed by atoms with Crippen LogP contribution in [0.3, 0.4) is 0 Å². The van der Waals surface area contributed by atoms with Crippen LogP contribution in [0.2, 0.25) is 0 Å². The van der Waals surface area contributed by atoms with E-state index in [-0.39, 0.29) is 0 Å². The molecule has 1 nitrogen and oxygen atoms in total. The zero-order valence-corrected chi connectivity index (χ0v) is 15.3. The molecule has 126 valence electrons. The summed E-state index contributed by atoms with van der Waals surface area (Å²) in [6.07, 6.45) is 12.0. The monoisotopic (exact) mass is 304 g/mol. The molecule has 0 radical (unpaired) electrons. The van der Waals surface area contributed by atoms with E-state index in [2.05, 4.69) is 39.8 Å². The Morgan fingerprint density at radius 1 is 0.818 bits per heavy atom. The highest BCUT2D eigenvalue weighted by Crippen LogP contribution is 2.34. The van der Waals surface area contributed by atoms with Crippen molar-refractivity contribution in [3.05, 3.63) is 28.8 Å². The summed E-state index contributed by atoms with van der Waals surface area (Å²) in [4.78, 5) is 0. The Hall–Kier alpha value is -0.980. The zero-order valence-electron chi connectivity index (χ0n) is 15.3. The van der Waals surface area contributed by atoms with Crippen LogP contribution >= 0.6 is 0 Å². The number of phenolic OH excluding ortho intramolecular Hbond substituents is 1. The molecule has 0 spiro atoms. The van der Waals surface area contributed by atoms with Crippen molar-refractivity contribution in [2.75, 3.05) is 0 Å². The van der Waals surface area contributed by atoms with Gasteiger partial charge < -0.3 is 5.11 Å². The molecule has 0 saturated heterocycles. The first-order chi connectivity index (χ1) is 10.7. The summed E-state index contributed by atoms with van der Waals surface area (Å²) in [5.74, 6) is 1.23. The molecule has 0 aromatic heterocycles. The maximum absolute atomic E-state index is 10.5. The van der Waals surface area contributed by atoms with Crippen molar-refractivity contribution in [1.29, 1.82) is 0 Å². The van der Waals surface area contributed by atoms with Crippen molar-refractivity contribution < 1.29 is 5.11 Å². The van der Waals surface area contributed by atoms with E-state index in [4.69, 9.17) is 0 Å². The first-order valence-corrected chi connectivity index (χ1v) is 9.52. The molecule has 0 aliphatic rings. The minimum Gasteiger partial charge on any atom is -0.507 e. The van der Waals surface area contributed by atoms with Crippen LogP contribution in [0.25, 0.3) is 0 Å². The van der Waals surface area contributed by atoms with Gasteiger partial charge in [0.05, 0.1) is 0 Å². The minimum absolute atomic E-state index is 0.563. The van der Waals surface area contributed by atoms with Crippen molar-refractivity contribution in [2.45, 2.75) is 97.8 Å². The van der Waals surface area contributed by atoms with Crippen molar-refractivity contribution in [1.82, 2.24) is 0 Å². The molecule has 1 atom stereocenters. The summed E-state index contributed by atoms with van der Waals surface area (Å²) < 4.78 is 0. The van der Waals surface area contributed by atoms with E-state index in [9.17, 15) is 5.11 Å². The molecule has 1 rings (SSSR count). The Morgan fingerprint density at radius 2 is 1.50 bits per heavy atom. The van der Waals surface area contributed by atoms with Crippen molar-refractivity contribution >= 4 is 0 Å². The molecule has 0 amide bonds. The van der Waals surface area contributed by atoms with Crippen LogP contribution in [0.5, 0.6) is 5.75 Å². The highest BCUT2D eigenvalue weighted by molar-refractivity contribution is 5.45. The predicted octanol–water partition coefficient (Wildman–Crippen LogP) is 6.76. The molecule has 0 aliphatic heterocycles. The number of rotatable bonds is 11. The van der Waals surface area contributed by atoms with Gasteiger partial charge in [0, 0.05) is 0 Å². The van der Waals surface area contributed by atoms with Crippen molar-refractivity contribution in [3.8, 4) is 5.75 Å². The average Bonchev–Trinajstić information content (AvgIpc) is 2.53. The first-order valence-electron chi connectivity index (χ1n) is 9.52. The molecular formula is C21H36O. The SMILES string of the molecule is CCCCCc1cc(C(CCC)CCCC)cc(CC)c1O. The summed E-state index contributed by atoms with van der Waals surface area (Å²) >= 11 is 0. The Kier molecular flexibility index (Phi) is 9.27. The Morgan fingerprint density at radius 3 is 2.09 bits per heavy atom. The lowest BCUT2D eigenvalue weighted by Crippen LogP contribution is -2.02. The summed E-state index contributed by atoms with van der Waals surface area (Å²) in [6.45, 7) is 8.93. The lowest BCUT2D eigenvalue weighted by molar-refractivity contribution is 0.458. The fourth-order valence-electron chi connectivity index (χ4n) is 3.32. The van der Waals surface area contributed by atoms with Crippen molar-refractivity contribution in [3.63, 3.8) is 0 Å². The van der Waals surface area contributed by atoms with E-state index in [1.807, 2.05) is 0 Å². The number of aryl methyl sites for hydroxylation is 2.